The van der Waals surface area contributed by atoms with E-state index < -0.39 is 11.4 Å². The maximum atomic E-state index is 12.2. The number of hydrogen-bond donors (Lipinski definition) is 2. The Morgan fingerprint density at radius 2 is 1.08 bits per heavy atom. The van der Waals surface area contributed by atoms with Crippen LogP contribution in [0.4, 0.5) is 0 Å². The summed E-state index contributed by atoms with van der Waals surface area (Å²) in [5.41, 5.74) is -0.671. The molecule has 0 aromatic carbocycles. The zero-order valence-corrected chi connectivity index (χ0v) is 23.9. The highest BCUT2D eigenvalue weighted by Crippen LogP contribution is 2.26. The Kier molecular flexibility index (Phi) is 12.0. The van der Waals surface area contributed by atoms with Crippen LogP contribution in [0.3, 0.4) is 0 Å². The van der Waals surface area contributed by atoms with Crippen LogP contribution in [0.25, 0.3) is 0 Å². The zero-order valence-electron chi connectivity index (χ0n) is 22.2. The van der Waals surface area contributed by atoms with E-state index in [4.69, 9.17) is 0 Å². The van der Waals surface area contributed by atoms with Crippen LogP contribution >= 0.6 is 22.7 Å². The van der Waals surface area contributed by atoms with Crippen LogP contribution in [0, 0.1) is 10.8 Å². The zero-order chi connectivity index (χ0) is 26.8. The molecule has 0 bridgehead atoms. The summed E-state index contributed by atoms with van der Waals surface area (Å²) in [6.07, 6.45) is 9.53. The molecule has 0 aliphatic heterocycles. The van der Waals surface area contributed by atoms with Crippen molar-refractivity contribution < 1.29 is 15.0 Å². The van der Waals surface area contributed by atoms with Gasteiger partial charge in [-0.15, -0.1) is 22.7 Å². The number of aliphatic carboxylic acids is 1. The van der Waals surface area contributed by atoms with Gasteiger partial charge < -0.3 is 10.2 Å². The smallest absolute Gasteiger partial charge is 0.309 e. The molecule has 2 N–H and O–H groups in total. The molecule has 0 aliphatic rings. The number of carboxylic acid groups (broad SMARTS) is 1. The molecule has 2 aromatic rings. The summed E-state index contributed by atoms with van der Waals surface area (Å²) in [6, 6.07) is 6.90. The average molecular weight is 535 g/mol. The minimum Gasteiger partial charge on any atom is -0.481 e. The fourth-order valence-electron chi connectivity index (χ4n) is 4.06. The second-order valence-corrected chi connectivity index (χ2v) is 13.7. The predicted molar refractivity (Wildman–Crippen MR) is 151 cm³/mol. The highest BCUT2D eigenvalue weighted by Gasteiger charge is 2.26. The number of carboxylic acids is 1. The first-order chi connectivity index (χ1) is 16.9. The van der Waals surface area contributed by atoms with Crippen molar-refractivity contribution in [3.63, 3.8) is 0 Å². The van der Waals surface area contributed by atoms with E-state index in [1.165, 1.54) is 0 Å². The highest BCUT2D eigenvalue weighted by molar-refractivity contribution is 7.11. The summed E-state index contributed by atoms with van der Waals surface area (Å²) >= 11 is 3.38. The van der Waals surface area contributed by atoms with E-state index in [9.17, 15) is 24.6 Å². The van der Waals surface area contributed by atoms with Gasteiger partial charge in [-0.1, -0.05) is 26.7 Å². The van der Waals surface area contributed by atoms with Gasteiger partial charge in [0.15, 0.2) is 10.9 Å². The van der Waals surface area contributed by atoms with Crippen molar-refractivity contribution in [1.82, 2.24) is 0 Å². The Labute approximate surface area is 223 Å². The summed E-state index contributed by atoms with van der Waals surface area (Å²) in [5.74, 6) is -0.771. The molecule has 7 heteroatoms. The van der Waals surface area contributed by atoms with Crippen LogP contribution in [0.5, 0.6) is 0 Å². The molecule has 0 fully saturated rings. The molecule has 2 rings (SSSR count). The number of carbonyl (C=O) groups is 1. The normalized spacial score (nSPS) is 12.1. The highest BCUT2D eigenvalue weighted by atomic mass is 32.1. The van der Waals surface area contributed by atoms with Crippen molar-refractivity contribution in [2.75, 3.05) is 6.61 Å². The van der Waals surface area contributed by atoms with E-state index in [0.29, 0.717) is 6.42 Å². The Morgan fingerprint density at radius 3 is 1.47 bits per heavy atom. The third kappa shape index (κ3) is 11.1. The van der Waals surface area contributed by atoms with E-state index in [1.807, 2.05) is 0 Å². The van der Waals surface area contributed by atoms with Crippen molar-refractivity contribution in [2.45, 2.75) is 98.3 Å². The molecule has 36 heavy (non-hydrogen) atoms. The van der Waals surface area contributed by atoms with E-state index in [-0.39, 0.29) is 22.9 Å². The molecule has 0 spiro atoms. The van der Waals surface area contributed by atoms with Crippen molar-refractivity contribution in [3.05, 3.63) is 64.2 Å². The summed E-state index contributed by atoms with van der Waals surface area (Å²) < 4.78 is 0. The molecule has 0 saturated heterocycles. The maximum Gasteiger partial charge on any atom is 0.309 e. The summed E-state index contributed by atoms with van der Waals surface area (Å²) in [5, 5.41) is 18.6. The lowest BCUT2D eigenvalue weighted by Crippen LogP contribution is -2.23. The van der Waals surface area contributed by atoms with E-state index >= 15 is 0 Å². The first-order valence-corrected chi connectivity index (χ1v) is 14.6. The molecule has 5 nitrogen and oxygen atoms in total. The predicted octanol–water partition coefficient (Wildman–Crippen LogP) is 6.26. The van der Waals surface area contributed by atoms with Gasteiger partial charge in [0.2, 0.25) is 0 Å². The molecule has 2 heterocycles. The molecule has 0 saturated carbocycles. The van der Waals surface area contributed by atoms with E-state index in [0.717, 1.165) is 83.7 Å². The van der Waals surface area contributed by atoms with E-state index in [1.54, 1.807) is 60.8 Å². The number of rotatable bonds is 16. The van der Waals surface area contributed by atoms with Crippen LogP contribution in [-0.4, -0.2) is 22.8 Å². The van der Waals surface area contributed by atoms with Crippen molar-refractivity contribution in [1.29, 1.82) is 0 Å². The van der Waals surface area contributed by atoms with Gasteiger partial charge in [0.25, 0.3) is 0 Å². The lowest BCUT2D eigenvalue weighted by Gasteiger charge is -2.20. The van der Waals surface area contributed by atoms with Gasteiger partial charge in [-0.25, -0.2) is 0 Å². The number of aryl methyl sites for hydroxylation is 4. The lowest BCUT2D eigenvalue weighted by molar-refractivity contribution is -0.147. The summed E-state index contributed by atoms with van der Waals surface area (Å²) in [7, 11) is 0. The molecular weight excluding hydrogens is 492 g/mol. The summed E-state index contributed by atoms with van der Waals surface area (Å²) in [4.78, 5) is 40.0. The largest absolute Gasteiger partial charge is 0.481 e. The van der Waals surface area contributed by atoms with Crippen molar-refractivity contribution in [3.8, 4) is 0 Å². The molecule has 0 amide bonds. The van der Waals surface area contributed by atoms with Crippen molar-refractivity contribution in [2.24, 2.45) is 10.8 Å². The molecule has 0 radical (unpaired) electrons. The second-order valence-electron chi connectivity index (χ2n) is 11.2. The van der Waals surface area contributed by atoms with Crippen molar-refractivity contribution >= 4 is 28.6 Å². The van der Waals surface area contributed by atoms with Gasteiger partial charge in [-0.2, -0.15) is 0 Å². The lowest BCUT2D eigenvalue weighted by atomic mass is 9.87. The minimum atomic E-state index is -0.771. The fourth-order valence-corrected chi connectivity index (χ4v) is 6.42. The van der Waals surface area contributed by atoms with Gasteiger partial charge in [0.1, 0.15) is 0 Å². The average Bonchev–Trinajstić information content (AvgIpc) is 2.79. The minimum absolute atomic E-state index is 0.0284. The number of aliphatic hydroxyl groups excluding tert-OH is 1. The molecule has 0 aliphatic carbocycles. The first kappa shape index (κ1) is 30.4. The monoisotopic (exact) mass is 534 g/mol. The fraction of sp³-hybridized carbons (Fsp3) is 0.621. The Morgan fingerprint density at radius 1 is 0.694 bits per heavy atom. The third-order valence-corrected chi connectivity index (χ3v) is 8.93. The maximum absolute atomic E-state index is 12.2. The molecule has 2 aromatic heterocycles. The van der Waals surface area contributed by atoms with Gasteiger partial charge in [0.05, 0.1) is 5.41 Å². The second kappa shape index (κ2) is 14.2. The first-order valence-electron chi connectivity index (χ1n) is 13.0. The van der Waals surface area contributed by atoms with Gasteiger partial charge in [0, 0.05) is 26.1 Å². The van der Waals surface area contributed by atoms with E-state index in [2.05, 4.69) is 13.8 Å². The molecule has 0 unspecified atom stereocenters. The Bertz CT molecular complexity index is 1100. The van der Waals surface area contributed by atoms with Crippen LogP contribution in [0.2, 0.25) is 0 Å². The number of hydrogen-bond acceptors (Lipinski definition) is 6. The topological polar surface area (TPSA) is 91.7 Å². The quantitative estimate of drug-likeness (QED) is 0.248. The number of aliphatic hydroxyl groups is 1. The molecular formula is C29H42O5S2. The van der Waals surface area contributed by atoms with Gasteiger partial charge >= 0.3 is 5.97 Å². The van der Waals surface area contributed by atoms with Crippen LogP contribution < -0.4 is 10.9 Å². The van der Waals surface area contributed by atoms with Crippen LogP contribution in [-0.2, 0) is 30.5 Å². The molecule has 200 valence electrons. The summed E-state index contributed by atoms with van der Waals surface area (Å²) in [6.45, 7) is 7.84. The molecule has 0 atom stereocenters. The SMILES string of the molecule is CC(C)(CO)CCCCc1cc(=O)cc(CCCc2cc(=O)cc(CCCCC(C)(C)C(=O)O)s2)s1. The third-order valence-electron chi connectivity index (χ3n) is 6.59. The Hall–Kier alpha value is -1.83. The van der Waals surface area contributed by atoms with Crippen LogP contribution in [0.1, 0.15) is 92.1 Å². The number of unbranched alkanes of at least 4 members (excludes halogenated alkanes) is 2. The van der Waals surface area contributed by atoms with Gasteiger partial charge in [-0.3, -0.25) is 14.4 Å². The standard InChI is InChI=1S/C29H42O5S2/c1-28(2,20-30)14-7-5-10-23-16-21(31)18-25(35-23)12-9-13-26-19-22(32)17-24(36-26)11-6-8-15-29(3,4)27(33)34/h16-19,30H,5-15,20H2,1-4H3,(H,33,34). The van der Waals surface area contributed by atoms with Gasteiger partial charge in [-0.05, 0) is 101 Å². The Balaban J connectivity index is 1.85. The van der Waals surface area contributed by atoms with Crippen LogP contribution in [0.15, 0.2) is 33.9 Å².